The van der Waals surface area contributed by atoms with Gasteiger partial charge in [-0.1, -0.05) is 26.0 Å². The highest BCUT2D eigenvalue weighted by Gasteiger charge is 2.26. The lowest BCUT2D eigenvalue weighted by Gasteiger charge is -2.13. The van der Waals surface area contributed by atoms with Gasteiger partial charge in [-0.15, -0.1) is 5.10 Å². The summed E-state index contributed by atoms with van der Waals surface area (Å²) in [5, 5.41) is 11.2. The smallest absolute Gasteiger partial charge is 0.277 e. The molecule has 1 amide bonds. The number of fused-ring (bicyclic) bond motifs is 1. The minimum atomic E-state index is -0.574. The van der Waals surface area contributed by atoms with Gasteiger partial charge in [0.25, 0.3) is 5.91 Å². The number of nitrogens with one attached hydrogen (secondary N) is 1. The van der Waals surface area contributed by atoms with Gasteiger partial charge in [0.15, 0.2) is 11.5 Å². The Balaban J connectivity index is 1.40. The number of aromatic nitrogens is 4. The molecule has 0 unspecified atom stereocenters. The molecule has 0 aromatic carbocycles. The summed E-state index contributed by atoms with van der Waals surface area (Å²) in [4.78, 5) is 29.2. The molecule has 0 fully saturated rings. The third-order valence-electron chi connectivity index (χ3n) is 4.95. The van der Waals surface area contributed by atoms with Gasteiger partial charge in [0.1, 0.15) is 0 Å². The zero-order valence-corrected chi connectivity index (χ0v) is 21.1. The van der Waals surface area contributed by atoms with Crippen molar-refractivity contribution in [2.45, 2.75) is 27.3 Å². The molecule has 0 saturated heterocycles. The number of amides is 1. The van der Waals surface area contributed by atoms with Gasteiger partial charge in [0.05, 0.1) is 70.9 Å². The molecule has 12 heteroatoms. The Labute approximate surface area is 209 Å². The molecular formula is C24H33N5O7. The molecule has 0 aliphatic heterocycles. The van der Waals surface area contributed by atoms with Crippen molar-refractivity contribution in [3.05, 3.63) is 36.0 Å². The second kappa shape index (κ2) is 13.2. The number of ether oxygens (including phenoxy) is 4. The predicted octanol–water partition coefficient (Wildman–Crippen LogP) is 2.60. The number of methoxy groups -OCH3 is 1. The van der Waals surface area contributed by atoms with Crippen LogP contribution in [-0.4, -0.2) is 85.0 Å². The quantitative estimate of drug-likeness (QED) is 0.243. The number of hydrogen-bond donors (Lipinski definition) is 1. The van der Waals surface area contributed by atoms with E-state index >= 15 is 0 Å². The van der Waals surface area contributed by atoms with Crippen LogP contribution in [0.3, 0.4) is 0 Å². The fraction of sp³-hybridized carbons (Fsp3) is 0.542. The normalized spacial score (nSPS) is 11.8. The van der Waals surface area contributed by atoms with Crippen LogP contribution in [0, 0.1) is 5.41 Å². The van der Waals surface area contributed by atoms with E-state index in [1.54, 1.807) is 19.2 Å². The number of anilines is 1. The molecule has 3 heterocycles. The summed E-state index contributed by atoms with van der Waals surface area (Å²) in [7, 11) is 1.63. The predicted molar refractivity (Wildman–Crippen MR) is 130 cm³/mol. The summed E-state index contributed by atoms with van der Waals surface area (Å²) >= 11 is 0. The van der Waals surface area contributed by atoms with E-state index in [-0.39, 0.29) is 17.2 Å². The maximum absolute atomic E-state index is 12.6. The van der Waals surface area contributed by atoms with E-state index < -0.39 is 11.3 Å². The molecule has 0 bridgehead atoms. The number of carbonyl (C=O) groups is 2. The topological polar surface area (TPSA) is 140 Å². The van der Waals surface area contributed by atoms with E-state index in [2.05, 4.69) is 20.6 Å². The van der Waals surface area contributed by atoms with Gasteiger partial charge in [0, 0.05) is 17.9 Å². The maximum Gasteiger partial charge on any atom is 0.277 e. The van der Waals surface area contributed by atoms with Crippen LogP contribution < -0.4 is 5.32 Å². The Morgan fingerprint density at radius 1 is 1.00 bits per heavy atom. The first kappa shape index (κ1) is 27.4. The molecule has 0 aliphatic carbocycles. The highest BCUT2D eigenvalue weighted by Crippen LogP contribution is 2.26. The van der Waals surface area contributed by atoms with Crippen molar-refractivity contribution in [1.82, 2.24) is 20.0 Å². The zero-order valence-electron chi connectivity index (χ0n) is 21.1. The minimum Gasteiger partial charge on any atom is -0.435 e. The second-order valence-corrected chi connectivity index (χ2v) is 8.96. The van der Waals surface area contributed by atoms with Crippen LogP contribution in [0.2, 0.25) is 0 Å². The van der Waals surface area contributed by atoms with Gasteiger partial charge in [-0.3, -0.25) is 9.59 Å². The molecule has 1 N–H and O–H groups in total. The maximum atomic E-state index is 12.6. The van der Waals surface area contributed by atoms with E-state index in [4.69, 9.17) is 23.4 Å². The lowest BCUT2D eigenvalue weighted by atomic mass is 9.89. The van der Waals surface area contributed by atoms with E-state index in [1.807, 2.05) is 20.8 Å². The second-order valence-electron chi connectivity index (χ2n) is 8.96. The molecule has 12 nitrogen and oxygen atoms in total. The first-order chi connectivity index (χ1) is 17.3. The Morgan fingerprint density at radius 3 is 2.33 bits per heavy atom. The third kappa shape index (κ3) is 8.19. The standard InChI is InChI=1S/C24H33N5O7/c1-24(2,3)21(30)20-14-17-13-18(15-25-23(17)36-20)26-22(31)19-16-29(28-27-19)5-6-33-9-10-35-12-11-34-8-7-32-4/h13-16H,5-12H2,1-4H3,(H,26,31). The number of nitrogens with zero attached hydrogens (tertiary/aromatic N) is 4. The SMILES string of the molecule is COCCOCCOCCOCCn1cc(C(=O)Nc2cnc3oc(C(=O)C(C)(C)C)cc3c2)nn1. The number of pyridine rings is 1. The van der Waals surface area contributed by atoms with Crippen LogP contribution in [0.15, 0.2) is 28.9 Å². The fourth-order valence-electron chi connectivity index (χ4n) is 3.03. The van der Waals surface area contributed by atoms with Gasteiger partial charge in [-0.25, -0.2) is 9.67 Å². The number of carbonyl (C=O) groups excluding carboxylic acids is 2. The molecule has 0 aliphatic rings. The van der Waals surface area contributed by atoms with Crippen molar-refractivity contribution in [2.75, 3.05) is 58.7 Å². The molecule has 0 atom stereocenters. The summed E-state index contributed by atoms with van der Waals surface area (Å²) < 4.78 is 28.2. The summed E-state index contributed by atoms with van der Waals surface area (Å²) in [6.07, 6.45) is 3.00. The van der Waals surface area contributed by atoms with E-state index in [1.165, 1.54) is 17.1 Å². The van der Waals surface area contributed by atoms with Crippen LogP contribution in [0.1, 0.15) is 41.8 Å². The van der Waals surface area contributed by atoms with Crippen molar-refractivity contribution in [3.8, 4) is 0 Å². The lowest BCUT2D eigenvalue weighted by Crippen LogP contribution is -2.19. The average Bonchev–Trinajstić information content (AvgIpc) is 3.48. The largest absolute Gasteiger partial charge is 0.435 e. The lowest BCUT2D eigenvalue weighted by molar-refractivity contribution is 0.00244. The van der Waals surface area contributed by atoms with Crippen LogP contribution in [0.25, 0.3) is 11.1 Å². The monoisotopic (exact) mass is 503 g/mol. The molecule has 3 aromatic heterocycles. The van der Waals surface area contributed by atoms with Crippen molar-refractivity contribution in [1.29, 1.82) is 0 Å². The van der Waals surface area contributed by atoms with Crippen LogP contribution >= 0.6 is 0 Å². The number of furan rings is 1. The number of hydrogen-bond acceptors (Lipinski definition) is 10. The van der Waals surface area contributed by atoms with Gasteiger partial charge in [-0.2, -0.15) is 0 Å². The molecule has 0 saturated carbocycles. The first-order valence-electron chi connectivity index (χ1n) is 11.7. The van der Waals surface area contributed by atoms with Gasteiger partial charge >= 0.3 is 0 Å². The highest BCUT2D eigenvalue weighted by atomic mass is 16.6. The van der Waals surface area contributed by atoms with Crippen LogP contribution in [0.5, 0.6) is 0 Å². The average molecular weight is 504 g/mol. The Hall–Kier alpha value is -3.19. The Kier molecular flexibility index (Phi) is 10.1. The fourth-order valence-corrected chi connectivity index (χ4v) is 3.03. The highest BCUT2D eigenvalue weighted by molar-refractivity contribution is 6.04. The number of ketones is 1. The minimum absolute atomic E-state index is 0.123. The third-order valence-corrected chi connectivity index (χ3v) is 4.95. The Bertz CT molecular complexity index is 1140. The molecule has 3 aromatic rings. The van der Waals surface area contributed by atoms with Gasteiger partial charge in [0.2, 0.25) is 11.5 Å². The summed E-state index contributed by atoms with van der Waals surface area (Å²) in [6.45, 7) is 9.30. The summed E-state index contributed by atoms with van der Waals surface area (Å²) in [6, 6.07) is 3.32. The zero-order chi connectivity index (χ0) is 26.0. The van der Waals surface area contributed by atoms with Gasteiger partial charge in [-0.05, 0) is 12.1 Å². The van der Waals surface area contributed by atoms with Crippen LogP contribution in [0.4, 0.5) is 5.69 Å². The van der Waals surface area contributed by atoms with Crippen molar-refractivity contribution in [2.24, 2.45) is 5.41 Å². The molecule has 196 valence electrons. The van der Waals surface area contributed by atoms with Gasteiger partial charge < -0.3 is 28.7 Å². The van der Waals surface area contributed by atoms with Crippen molar-refractivity contribution < 1.29 is 33.0 Å². The van der Waals surface area contributed by atoms with E-state index in [0.29, 0.717) is 69.6 Å². The number of rotatable bonds is 15. The molecule has 3 rings (SSSR count). The van der Waals surface area contributed by atoms with Crippen LogP contribution in [-0.2, 0) is 25.5 Å². The molecular weight excluding hydrogens is 470 g/mol. The van der Waals surface area contributed by atoms with E-state index in [9.17, 15) is 9.59 Å². The molecule has 0 radical (unpaired) electrons. The van der Waals surface area contributed by atoms with Crippen molar-refractivity contribution >= 4 is 28.5 Å². The van der Waals surface area contributed by atoms with Crippen molar-refractivity contribution in [3.63, 3.8) is 0 Å². The Morgan fingerprint density at radius 2 is 1.67 bits per heavy atom. The van der Waals surface area contributed by atoms with E-state index in [0.717, 1.165) is 0 Å². The molecule has 0 spiro atoms. The first-order valence-corrected chi connectivity index (χ1v) is 11.7. The molecule has 36 heavy (non-hydrogen) atoms. The number of Topliss-reactive ketones (excluding diaryl/α,β-unsaturated/α-hetero) is 1. The summed E-state index contributed by atoms with van der Waals surface area (Å²) in [5.74, 6) is -0.321. The summed E-state index contributed by atoms with van der Waals surface area (Å²) in [5.41, 5.74) is 0.356.